The summed E-state index contributed by atoms with van der Waals surface area (Å²) in [5.41, 5.74) is -1.52. The number of hydrogen-bond acceptors (Lipinski definition) is 8. The quantitative estimate of drug-likeness (QED) is 0.283. The molecule has 0 spiro atoms. The Kier molecular flexibility index (Phi) is 6.19. The molecule has 1 saturated carbocycles. The maximum Gasteiger partial charge on any atom is 0.387 e. The highest BCUT2D eigenvalue weighted by Crippen LogP contribution is 2.44. The summed E-state index contributed by atoms with van der Waals surface area (Å²) in [6, 6.07) is 9.73. The van der Waals surface area contributed by atoms with Crippen LogP contribution in [-0.2, 0) is 16.4 Å². The van der Waals surface area contributed by atoms with E-state index < -0.39 is 56.5 Å². The van der Waals surface area contributed by atoms with Crippen molar-refractivity contribution in [1.82, 2.24) is 20.3 Å². The molecule has 1 aliphatic heterocycles. The molecule has 4 aromatic rings. The Morgan fingerprint density at radius 2 is 1.93 bits per heavy atom. The molecule has 1 aromatic carbocycles. The molecule has 2 aliphatic rings. The Hall–Kier alpha value is -3.97. The summed E-state index contributed by atoms with van der Waals surface area (Å²) in [6.07, 6.45) is -0.460. The van der Waals surface area contributed by atoms with Crippen molar-refractivity contribution in [2.45, 2.75) is 48.7 Å². The lowest BCUT2D eigenvalue weighted by molar-refractivity contribution is -0.0507. The number of hydrogen-bond donors (Lipinski definition) is 1. The molecule has 9 nitrogen and oxygen atoms in total. The number of rotatable bonds is 7. The monoisotopic (exact) mass is 622 g/mol. The van der Waals surface area contributed by atoms with Crippen LogP contribution in [0.5, 0.6) is 11.5 Å². The predicted molar refractivity (Wildman–Crippen MR) is 146 cm³/mol. The van der Waals surface area contributed by atoms with Gasteiger partial charge in [0.1, 0.15) is 10.6 Å². The van der Waals surface area contributed by atoms with E-state index in [-0.39, 0.29) is 23.8 Å². The van der Waals surface area contributed by atoms with Crippen molar-refractivity contribution in [2.75, 3.05) is 6.56 Å². The van der Waals surface area contributed by atoms with Gasteiger partial charge in [0.2, 0.25) is 15.3 Å². The molecule has 0 bridgehead atoms. The van der Waals surface area contributed by atoms with Gasteiger partial charge in [-0.05, 0) is 55.3 Å². The van der Waals surface area contributed by atoms with Crippen LogP contribution in [0.4, 0.5) is 13.2 Å². The number of aromatic nitrogens is 3. The van der Waals surface area contributed by atoms with Gasteiger partial charge in [0.05, 0.1) is 49.2 Å². The largest absolute Gasteiger partial charge is 0.490 e. The summed E-state index contributed by atoms with van der Waals surface area (Å²) >= 11 is 6.12. The zero-order valence-corrected chi connectivity index (χ0v) is 22.8. The predicted octanol–water partition coefficient (Wildman–Crippen LogP) is 5.61. The first-order chi connectivity index (χ1) is 21.6. The Morgan fingerprint density at radius 1 is 1.17 bits per heavy atom. The van der Waals surface area contributed by atoms with Gasteiger partial charge in [-0.2, -0.15) is 8.78 Å². The van der Waals surface area contributed by atoms with Gasteiger partial charge in [-0.1, -0.05) is 11.6 Å². The number of fused-ring (bicyclic) bond motifs is 2. The lowest BCUT2D eigenvalue weighted by Crippen LogP contribution is -2.24. The summed E-state index contributed by atoms with van der Waals surface area (Å²) in [7, 11) is -5.18. The fourth-order valence-electron chi connectivity index (χ4n) is 4.35. The van der Waals surface area contributed by atoms with Gasteiger partial charge in [0.25, 0.3) is 5.91 Å². The number of sulfone groups is 1. The van der Waals surface area contributed by atoms with E-state index in [4.69, 9.17) is 21.8 Å². The molecule has 14 heteroatoms. The lowest BCUT2D eigenvalue weighted by Gasteiger charge is -2.12. The Bertz CT molecular complexity index is 2000. The zero-order chi connectivity index (χ0) is 33.2. The molecular formula is C28H22ClF3N4O5S. The number of nitrogens with zero attached hydrogens (tertiary/aromatic N) is 3. The number of ether oxygens (including phenoxy) is 2. The second-order valence-electron chi connectivity index (χ2n) is 9.48. The van der Waals surface area contributed by atoms with Crippen molar-refractivity contribution in [3.63, 3.8) is 0 Å². The van der Waals surface area contributed by atoms with E-state index in [2.05, 4.69) is 25.0 Å². The fraction of sp³-hybridized carbons (Fsp3) is 0.286. The van der Waals surface area contributed by atoms with Gasteiger partial charge in [0, 0.05) is 32.2 Å². The van der Waals surface area contributed by atoms with E-state index >= 15 is 0 Å². The topological polar surface area (TPSA) is 120 Å². The third kappa shape index (κ3) is 5.58. The lowest BCUT2D eigenvalue weighted by atomic mass is 10.1. The summed E-state index contributed by atoms with van der Waals surface area (Å²) in [5.74, 6) is -1.62. The Morgan fingerprint density at radius 3 is 2.69 bits per heavy atom. The van der Waals surface area contributed by atoms with Crippen LogP contribution in [0.25, 0.3) is 22.3 Å². The fourth-order valence-corrected chi connectivity index (χ4v) is 5.79. The minimum atomic E-state index is -5.18. The molecule has 1 fully saturated rings. The number of pyridine rings is 3. The summed E-state index contributed by atoms with van der Waals surface area (Å²) in [5, 5.41) is 2.65. The van der Waals surface area contributed by atoms with E-state index in [1.54, 1.807) is 18.2 Å². The number of amides is 1. The van der Waals surface area contributed by atoms with Gasteiger partial charge in [-0.25, -0.2) is 22.8 Å². The minimum absolute atomic E-state index is 0.0245. The van der Waals surface area contributed by atoms with Crippen LogP contribution in [0.3, 0.4) is 0 Å². The number of alkyl halides is 3. The zero-order valence-electron chi connectivity index (χ0n) is 25.3. The molecule has 218 valence electrons. The molecule has 4 heterocycles. The maximum absolute atomic E-state index is 14.9. The van der Waals surface area contributed by atoms with Crippen molar-refractivity contribution in [2.24, 2.45) is 0 Å². The number of carbonyl (C=O) groups excluding carboxylic acids is 1. The molecule has 1 N–H and O–H groups in total. The van der Waals surface area contributed by atoms with Crippen molar-refractivity contribution in [3.05, 3.63) is 70.6 Å². The first-order valence-electron chi connectivity index (χ1n) is 14.5. The van der Waals surface area contributed by atoms with Crippen molar-refractivity contribution >= 4 is 38.2 Å². The van der Waals surface area contributed by atoms with Crippen LogP contribution in [0.2, 0.25) is 5.02 Å². The van der Waals surface area contributed by atoms with E-state index in [9.17, 15) is 26.4 Å². The SMILES string of the molecule is [2H]C1([2H])Oc2c(Cl)cc(C(=O)NCc3cc4nc(-c5ccc(OC(F)F)c(C6CC6)n5)ccc4cn3)cc2S(=O)(=O)[C@@H](F)C1([2H])[2H]. The third-order valence-corrected chi connectivity index (χ3v) is 8.42. The van der Waals surface area contributed by atoms with Gasteiger partial charge < -0.3 is 14.8 Å². The first-order valence-corrected chi connectivity index (χ1v) is 14.4. The van der Waals surface area contributed by atoms with Gasteiger partial charge in [-0.15, -0.1) is 0 Å². The Labute approximate surface area is 248 Å². The van der Waals surface area contributed by atoms with Crippen LogP contribution in [-0.4, -0.2) is 48.0 Å². The van der Waals surface area contributed by atoms with Crippen LogP contribution in [0.15, 0.2) is 53.6 Å². The van der Waals surface area contributed by atoms with Crippen molar-refractivity contribution in [1.29, 1.82) is 0 Å². The van der Waals surface area contributed by atoms with Gasteiger partial charge >= 0.3 is 6.61 Å². The molecule has 6 rings (SSSR count). The van der Waals surface area contributed by atoms with E-state index in [0.29, 0.717) is 33.7 Å². The summed E-state index contributed by atoms with van der Waals surface area (Å²) < 4.78 is 107. The van der Waals surface area contributed by atoms with Gasteiger partial charge in [0.15, 0.2) is 5.75 Å². The number of nitrogens with one attached hydrogen (secondary N) is 1. The second kappa shape index (κ2) is 11.0. The molecule has 3 aromatic heterocycles. The maximum atomic E-state index is 14.9. The Balaban J connectivity index is 1.24. The highest BCUT2D eigenvalue weighted by molar-refractivity contribution is 7.92. The van der Waals surface area contributed by atoms with E-state index in [1.807, 2.05) is 0 Å². The van der Waals surface area contributed by atoms with E-state index in [1.165, 1.54) is 18.3 Å². The van der Waals surface area contributed by atoms with Gasteiger partial charge in [-0.3, -0.25) is 9.78 Å². The van der Waals surface area contributed by atoms with Crippen LogP contribution in [0, 0.1) is 0 Å². The number of benzene rings is 1. The van der Waals surface area contributed by atoms with Crippen molar-refractivity contribution in [3.8, 4) is 22.9 Å². The normalized spacial score (nSPS) is 21.6. The van der Waals surface area contributed by atoms with Crippen LogP contribution < -0.4 is 14.8 Å². The molecule has 1 amide bonds. The average Bonchev–Trinajstić information content (AvgIpc) is 3.85. The molecule has 0 unspecified atom stereocenters. The minimum Gasteiger partial charge on any atom is -0.490 e. The number of carbonyl (C=O) groups is 1. The molecule has 0 radical (unpaired) electrons. The van der Waals surface area contributed by atoms with Crippen LogP contribution >= 0.6 is 11.6 Å². The molecular weight excluding hydrogens is 597 g/mol. The van der Waals surface area contributed by atoms with Crippen molar-refractivity contribution < 1.29 is 41.3 Å². The average molecular weight is 623 g/mol. The summed E-state index contributed by atoms with van der Waals surface area (Å²) in [4.78, 5) is 25.5. The standard InChI is InChI=1S/C28H22ClF3N4O5S/c29-18-9-16(10-23-26(18)40-8-7-24(30)42(23,38)39)27(37)34-13-17-11-21-15(12-33-17)3-4-19(35-21)20-5-6-22(41-28(31)32)25(36-20)14-1-2-14/h3-6,9-12,14,24,28H,1-2,7-8,13H2,(H,34,37)/t24-/m1/s1/i7D2,8D2. The van der Waals surface area contributed by atoms with Crippen LogP contribution in [0.1, 0.15) is 52.4 Å². The molecule has 1 atom stereocenters. The van der Waals surface area contributed by atoms with E-state index in [0.717, 1.165) is 25.0 Å². The third-order valence-electron chi connectivity index (χ3n) is 6.56. The second-order valence-corrected chi connectivity index (χ2v) is 11.8. The smallest absolute Gasteiger partial charge is 0.387 e. The summed E-state index contributed by atoms with van der Waals surface area (Å²) in [6.45, 7) is -6.55. The molecule has 1 aliphatic carbocycles. The number of halogens is 4. The molecule has 42 heavy (non-hydrogen) atoms. The molecule has 0 saturated heterocycles. The highest BCUT2D eigenvalue weighted by Gasteiger charge is 2.35. The first kappa shape index (κ1) is 23.6. The highest BCUT2D eigenvalue weighted by atomic mass is 35.5.